The van der Waals surface area contributed by atoms with E-state index >= 15 is 0 Å². The number of benzene rings is 3. The van der Waals surface area contributed by atoms with Gasteiger partial charge in [-0.15, -0.1) is 11.3 Å². The van der Waals surface area contributed by atoms with Gasteiger partial charge in [-0.25, -0.2) is 4.98 Å². The van der Waals surface area contributed by atoms with Crippen LogP contribution in [0, 0.1) is 0 Å². The summed E-state index contributed by atoms with van der Waals surface area (Å²) in [6.45, 7) is 0.889. The van der Waals surface area contributed by atoms with E-state index < -0.39 is 6.10 Å². The lowest BCUT2D eigenvalue weighted by Crippen LogP contribution is -2.06. The van der Waals surface area contributed by atoms with E-state index in [1.165, 1.54) is 11.3 Å². The van der Waals surface area contributed by atoms with Crippen molar-refractivity contribution in [1.82, 2.24) is 4.98 Å². The van der Waals surface area contributed by atoms with Gasteiger partial charge in [0.1, 0.15) is 24.7 Å². The number of ether oxygens (including phenoxy) is 2. The molecule has 4 rings (SSSR count). The monoisotopic (exact) mass is 417 g/mol. The van der Waals surface area contributed by atoms with Crippen molar-refractivity contribution >= 4 is 11.3 Å². The first kappa shape index (κ1) is 20.1. The number of rotatable bonds is 9. The van der Waals surface area contributed by atoms with Crippen LogP contribution in [0.4, 0.5) is 0 Å². The Morgan fingerprint density at radius 1 is 0.833 bits per heavy atom. The molecule has 4 nitrogen and oxygen atoms in total. The van der Waals surface area contributed by atoms with E-state index in [0.717, 1.165) is 21.7 Å². The van der Waals surface area contributed by atoms with Gasteiger partial charge in [0.2, 0.25) is 0 Å². The lowest BCUT2D eigenvalue weighted by atomic mass is 10.1. The van der Waals surface area contributed by atoms with Gasteiger partial charge in [0.05, 0.1) is 11.1 Å². The second-order valence-electron chi connectivity index (χ2n) is 6.89. The summed E-state index contributed by atoms with van der Waals surface area (Å²) in [5.74, 6) is 1.32. The first-order chi connectivity index (χ1) is 14.8. The van der Waals surface area contributed by atoms with Gasteiger partial charge in [-0.1, -0.05) is 60.7 Å². The van der Waals surface area contributed by atoms with Gasteiger partial charge in [0.15, 0.2) is 0 Å². The highest BCUT2D eigenvalue weighted by molar-refractivity contribution is 7.09. The maximum Gasteiger partial charge on any atom is 0.129 e. The molecular weight excluding hydrogens is 394 g/mol. The zero-order valence-corrected chi connectivity index (χ0v) is 17.3. The summed E-state index contributed by atoms with van der Waals surface area (Å²) in [7, 11) is 0. The molecule has 1 unspecified atom stereocenters. The van der Waals surface area contributed by atoms with Crippen molar-refractivity contribution in [3.8, 4) is 11.5 Å². The number of hydrogen-bond donors (Lipinski definition) is 1. The zero-order chi connectivity index (χ0) is 20.6. The Balaban J connectivity index is 1.52. The first-order valence-electron chi connectivity index (χ1n) is 9.82. The van der Waals surface area contributed by atoms with Crippen LogP contribution in [0.2, 0.25) is 0 Å². The Labute approximate surface area is 180 Å². The summed E-state index contributed by atoms with van der Waals surface area (Å²) in [5.41, 5.74) is 2.89. The molecule has 4 aromatic rings. The minimum Gasteiger partial charge on any atom is -0.489 e. The Morgan fingerprint density at radius 2 is 1.50 bits per heavy atom. The van der Waals surface area contributed by atoms with Crippen molar-refractivity contribution in [1.29, 1.82) is 0 Å². The van der Waals surface area contributed by atoms with E-state index in [2.05, 4.69) is 4.98 Å². The quantitative estimate of drug-likeness (QED) is 0.386. The SMILES string of the molecule is OC(Cc1nccs1)c1ccc(OCc2ccccc2)cc1OCc1ccccc1. The smallest absolute Gasteiger partial charge is 0.129 e. The fourth-order valence-electron chi connectivity index (χ4n) is 3.11. The van der Waals surface area contributed by atoms with Crippen LogP contribution >= 0.6 is 11.3 Å². The molecule has 0 aliphatic carbocycles. The molecule has 0 saturated heterocycles. The third kappa shape index (κ3) is 5.47. The molecule has 1 heterocycles. The molecule has 0 radical (unpaired) electrons. The largest absolute Gasteiger partial charge is 0.489 e. The van der Waals surface area contributed by atoms with Crippen molar-refractivity contribution in [2.75, 3.05) is 0 Å². The van der Waals surface area contributed by atoms with Crippen LogP contribution < -0.4 is 9.47 Å². The van der Waals surface area contributed by atoms with E-state index in [1.807, 2.05) is 84.2 Å². The van der Waals surface area contributed by atoms with E-state index in [4.69, 9.17) is 9.47 Å². The standard InChI is InChI=1S/C25H23NO3S/c27-23(16-25-26-13-14-30-25)22-12-11-21(28-17-19-7-3-1-4-8-19)15-24(22)29-18-20-9-5-2-6-10-20/h1-15,23,27H,16-18H2. The van der Waals surface area contributed by atoms with Crippen LogP contribution in [0.5, 0.6) is 11.5 Å². The molecule has 0 fully saturated rings. The van der Waals surface area contributed by atoms with Crippen molar-refractivity contribution < 1.29 is 14.6 Å². The highest BCUT2D eigenvalue weighted by atomic mass is 32.1. The van der Waals surface area contributed by atoms with Crippen LogP contribution in [-0.2, 0) is 19.6 Å². The Bertz CT molecular complexity index is 1040. The van der Waals surface area contributed by atoms with E-state index in [9.17, 15) is 5.11 Å². The van der Waals surface area contributed by atoms with Crippen LogP contribution in [0.1, 0.15) is 27.8 Å². The van der Waals surface area contributed by atoms with E-state index in [-0.39, 0.29) is 0 Å². The number of aromatic nitrogens is 1. The predicted octanol–water partition coefficient (Wildman–Crippen LogP) is 5.58. The lowest BCUT2D eigenvalue weighted by Gasteiger charge is -2.17. The third-order valence-electron chi connectivity index (χ3n) is 4.68. The molecule has 5 heteroatoms. The van der Waals surface area contributed by atoms with E-state index in [0.29, 0.717) is 31.1 Å². The summed E-state index contributed by atoms with van der Waals surface area (Å²) in [4.78, 5) is 4.28. The maximum atomic E-state index is 10.8. The van der Waals surface area contributed by atoms with Crippen molar-refractivity contribution in [2.45, 2.75) is 25.7 Å². The first-order valence-corrected chi connectivity index (χ1v) is 10.7. The molecule has 0 saturated carbocycles. The Hall–Kier alpha value is -3.15. The molecule has 0 spiro atoms. The predicted molar refractivity (Wildman–Crippen MR) is 119 cm³/mol. The molecule has 152 valence electrons. The van der Waals surface area contributed by atoms with Gasteiger partial charge in [-0.3, -0.25) is 0 Å². The Kier molecular flexibility index (Phi) is 6.75. The maximum absolute atomic E-state index is 10.8. The molecule has 0 amide bonds. The molecule has 0 aliphatic rings. The number of thiazole rings is 1. The summed E-state index contributed by atoms with van der Waals surface area (Å²) in [5, 5.41) is 13.6. The van der Waals surface area contributed by atoms with Gasteiger partial charge < -0.3 is 14.6 Å². The van der Waals surface area contributed by atoms with Crippen LogP contribution in [0.25, 0.3) is 0 Å². The van der Waals surface area contributed by atoms with Crippen molar-refractivity contribution in [3.63, 3.8) is 0 Å². The molecule has 1 N–H and O–H groups in total. The minimum atomic E-state index is -0.704. The van der Waals surface area contributed by atoms with Gasteiger partial charge >= 0.3 is 0 Å². The van der Waals surface area contributed by atoms with Crippen LogP contribution in [0.3, 0.4) is 0 Å². The molecule has 30 heavy (non-hydrogen) atoms. The number of aliphatic hydroxyl groups excluding tert-OH is 1. The van der Waals surface area contributed by atoms with Gasteiger partial charge in [0, 0.05) is 29.6 Å². The number of aliphatic hydroxyl groups is 1. The average Bonchev–Trinajstić information content (AvgIpc) is 3.31. The highest BCUT2D eigenvalue weighted by Crippen LogP contribution is 2.32. The van der Waals surface area contributed by atoms with Crippen molar-refractivity contribution in [3.05, 3.63) is 112 Å². The normalized spacial score (nSPS) is 11.8. The number of nitrogens with zero attached hydrogens (tertiary/aromatic N) is 1. The minimum absolute atomic E-state index is 0.417. The van der Waals surface area contributed by atoms with Gasteiger partial charge in [-0.2, -0.15) is 0 Å². The topological polar surface area (TPSA) is 51.6 Å². The van der Waals surface area contributed by atoms with Gasteiger partial charge in [0.25, 0.3) is 0 Å². The molecule has 3 aromatic carbocycles. The fraction of sp³-hybridized carbons (Fsp3) is 0.160. The number of hydrogen-bond acceptors (Lipinski definition) is 5. The zero-order valence-electron chi connectivity index (χ0n) is 16.5. The van der Waals surface area contributed by atoms with Crippen LogP contribution in [0.15, 0.2) is 90.4 Å². The second kappa shape index (κ2) is 10.1. The second-order valence-corrected chi connectivity index (χ2v) is 7.87. The van der Waals surface area contributed by atoms with Crippen LogP contribution in [-0.4, -0.2) is 10.1 Å². The van der Waals surface area contributed by atoms with Gasteiger partial charge in [-0.05, 0) is 23.3 Å². The molecule has 1 aromatic heterocycles. The Morgan fingerprint density at radius 3 is 2.13 bits per heavy atom. The highest BCUT2D eigenvalue weighted by Gasteiger charge is 2.17. The molecule has 0 aliphatic heterocycles. The third-order valence-corrected chi connectivity index (χ3v) is 5.48. The molecular formula is C25H23NO3S. The molecule has 0 bridgehead atoms. The average molecular weight is 418 g/mol. The molecule has 1 atom stereocenters. The fourth-order valence-corrected chi connectivity index (χ4v) is 3.76. The summed E-state index contributed by atoms with van der Waals surface area (Å²) >= 11 is 1.53. The summed E-state index contributed by atoms with van der Waals surface area (Å²) in [6.07, 6.45) is 1.49. The lowest BCUT2D eigenvalue weighted by molar-refractivity contribution is 0.170. The van der Waals surface area contributed by atoms with Crippen molar-refractivity contribution in [2.24, 2.45) is 0 Å². The summed E-state index contributed by atoms with van der Waals surface area (Å²) in [6, 6.07) is 25.6. The van der Waals surface area contributed by atoms with E-state index in [1.54, 1.807) is 6.20 Å². The summed E-state index contributed by atoms with van der Waals surface area (Å²) < 4.78 is 12.1.